The zero-order chi connectivity index (χ0) is 21.1. The van der Waals surface area contributed by atoms with Crippen LogP contribution in [0.15, 0.2) is 24.3 Å². The molecule has 2 N–H and O–H groups in total. The maximum absolute atomic E-state index is 12.8. The Morgan fingerprint density at radius 3 is 2.48 bits per heavy atom. The van der Waals surface area contributed by atoms with E-state index in [0.29, 0.717) is 19.0 Å². The van der Waals surface area contributed by atoms with Gasteiger partial charge < -0.3 is 15.5 Å². The topological polar surface area (TPSA) is 61.4 Å². The minimum Gasteiger partial charge on any atom is -0.354 e. The SMILES string of the molecule is CC1(C(=O)NCCN2CCC(CNC(=O)c3cccc(C(F)(F)F)c3)CC2)CC1. The molecule has 2 aliphatic rings. The van der Waals surface area contributed by atoms with Crippen LogP contribution in [0.4, 0.5) is 13.2 Å². The van der Waals surface area contributed by atoms with Crippen molar-refractivity contribution in [3.8, 4) is 0 Å². The van der Waals surface area contributed by atoms with Crippen LogP contribution in [0.2, 0.25) is 0 Å². The second-order valence-electron chi connectivity index (χ2n) is 8.39. The number of hydrogen-bond acceptors (Lipinski definition) is 3. The van der Waals surface area contributed by atoms with Gasteiger partial charge in [0.15, 0.2) is 0 Å². The fraction of sp³-hybridized carbons (Fsp3) is 0.619. The van der Waals surface area contributed by atoms with Crippen molar-refractivity contribution < 1.29 is 22.8 Å². The highest BCUT2D eigenvalue weighted by atomic mass is 19.4. The third-order valence-corrected chi connectivity index (χ3v) is 5.97. The molecule has 0 aromatic heterocycles. The highest BCUT2D eigenvalue weighted by Gasteiger charge is 2.44. The number of benzene rings is 1. The lowest BCUT2D eigenvalue weighted by Gasteiger charge is -2.32. The second kappa shape index (κ2) is 8.73. The molecular formula is C21H28F3N3O2. The van der Waals surface area contributed by atoms with Crippen LogP contribution >= 0.6 is 0 Å². The van der Waals surface area contributed by atoms with E-state index in [4.69, 9.17) is 0 Å². The number of amides is 2. The molecule has 1 aliphatic carbocycles. The number of hydrogen-bond donors (Lipinski definition) is 2. The number of carbonyl (C=O) groups excluding carboxylic acids is 2. The van der Waals surface area contributed by atoms with Gasteiger partial charge in [0.25, 0.3) is 5.91 Å². The Balaban J connectivity index is 1.35. The maximum Gasteiger partial charge on any atom is 0.416 e. The molecule has 0 bridgehead atoms. The van der Waals surface area contributed by atoms with Gasteiger partial charge in [-0.25, -0.2) is 0 Å². The van der Waals surface area contributed by atoms with Gasteiger partial charge in [0.1, 0.15) is 0 Å². The van der Waals surface area contributed by atoms with Gasteiger partial charge in [-0.05, 0) is 62.9 Å². The Morgan fingerprint density at radius 1 is 1.17 bits per heavy atom. The van der Waals surface area contributed by atoms with Crippen molar-refractivity contribution in [2.24, 2.45) is 11.3 Å². The Hall–Kier alpha value is -2.09. The number of likely N-dealkylation sites (tertiary alicyclic amines) is 1. The van der Waals surface area contributed by atoms with Gasteiger partial charge in [0.2, 0.25) is 5.91 Å². The highest BCUT2D eigenvalue weighted by molar-refractivity contribution is 5.94. The van der Waals surface area contributed by atoms with E-state index in [2.05, 4.69) is 15.5 Å². The van der Waals surface area contributed by atoms with Gasteiger partial charge >= 0.3 is 6.18 Å². The molecule has 1 aromatic rings. The summed E-state index contributed by atoms with van der Waals surface area (Å²) in [6.45, 7) is 5.67. The fourth-order valence-electron chi connectivity index (χ4n) is 3.55. The molecule has 2 amide bonds. The van der Waals surface area contributed by atoms with Crippen LogP contribution in [0.3, 0.4) is 0 Å². The number of halogens is 3. The van der Waals surface area contributed by atoms with Crippen LogP contribution in [0, 0.1) is 11.3 Å². The van der Waals surface area contributed by atoms with Crippen LogP contribution in [0.25, 0.3) is 0 Å². The molecule has 1 aliphatic heterocycles. The first kappa shape index (κ1) is 21.6. The number of piperidine rings is 1. The van der Waals surface area contributed by atoms with Crippen LogP contribution in [-0.4, -0.2) is 49.4 Å². The lowest BCUT2D eigenvalue weighted by molar-refractivity contribution is -0.137. The summed E-state index contributed by atoms with van der Waals surface area (Å²) in [4.78, 5) is 26.4. The van der Waals surface area contributed by atoms with Crippen molar-refractivity contribution in [1.82, 2.24) is 15.5 Å². The molecule has 0 spiro atoms. The standard InChI is InChI=1S/C21H28F3N3O2/c1-20(7-8-20)19(29)25-9-12-27-10-5-15(6-11-27)14-26-18(28)16-3-2-4-17(13-16)21(22,23)24/h2-4,13,15H,5-12,14H2,1H3,(H,25,29)(H,26,28). The molecule has 160 valence electrons. The van der Waals surface area contributed by atoms with E-state index in [1.807, 2.05) is 6.92 Å². The van der Waals surface area contributed by atoms with Crippen LogP contribution in [0.5, 0.6) is 0 Å². The minimum absolute atomic E-state index is 0.0253. The molecule has 1 saturated carbocycles. The molecule has 5 nitrogen and oxygen atoms in total. The molecule has 1 saturated heterocycles. The number of rotatable bonds is 7. The van der Waals surface area contributed by atoms with Crippen LogP contribution < -0.4 is 10.6 Å². The fourth-order valence-corrected chi connectivity index (χ4v) is 3.55. The third-order valence-electron chi connectivity index (χ3n) is 5.97. The monoisotopic (exact) mass is 411 g/mol. The Labute approximate surface area is 169 Å². The molecule has 0 atom stereocenters. The zero-order valence-corrected chi connectivity index (χ0v) is 16.6. The lowest BCUT2D eigenvalue weighted by atomic mass is 9.96. The molecular weight excluding hydrogens is 383 g/mol. The number of alkyl halides is 3. The molecule has 0 radical (unpaired) electrons. The van der Waals surface area contributed by atoms with E-state index in [1.165, 1.54) is 12.1 Å². The van der Waals surface area contributed by atoms with Gasteiger partial charge in [-0.15, -0.1) is 0 Å². The molecule has 29 heavy (non-hydrogen) atoms. The van der Waals surface area contributed by atoms with E-state index in [9.17, 15) is 22.8 Å². The van der Waals surface area contributed by atoms with E-state index >= 15 is 0 Å². The van der Waals surface area contributed by atoms with E-state index in [1.54, 1.807) is 0 Å². The quantitative estimate of drug-likeness (QED) is 0.725. The summed E-state index contributed by atoms with van der Waals surface area (Å²) in [6, 6.07) is 4.48. The Morgan fingerprint density at radius 2 is 1.86 bits per heavy atom. The van der Waals surface area contributed by atoms with Crippen molar-refractivity contribution in [2.75, 3.05) is 32.7 Å². The Kier molecular flexibility index (Phi) is 6.51. The van der Waals surface area contributed by atoms with E-state index < -0.39 is 17.6 Å². The summed E-state index contributed by atoms with van der Waals surface area (Å²) in [5.74, 6) is -0.0273. The number of carbonyl (C=O) groups is 2. The summed E-state index contributed by atoms with van der Waals surface area (Å²) in [5.41, 5.74) is -0.941. The van der Waals surface area contributed by atoms with Gasteiger partial charge in [0.05, 0.1) is 5.56 Å². The van der Waals surface area contributed by atoms with Gasteiger partial charge in [-0.2, -0.15) is 13.2 Å². The van der Waals surface area contributed by atoms with Crippen molar-refractivity contribution >= 4 is 11.8 Å². The minimum atomic E-state index is -4.46. The first-order valence-electron chi connectivity index (χ1n) is 10.1. The first-order valence-corrected chi connectivity index (χ1v) is 10.1. The average molecular weight is 411 g/mol. The Bertz CT molecular complexity index is 739. The van der Waals surface area contributed by atoms with Crippen molar-refractivity contribution in [3.63, 3.8) is 0 Å². The van der Waals surface area contributed by atoms with E-state index in [0.717, 1.165) is 57.5 Å². The van der Waals surface area contributed by atoms with Crippen LogP contribution in [-0.2, 0) is 11.0 Å². The van der Waals surface area contributed by atoms with Gasteiger partial charge in [-0.1, -0.05) is 13.0 Å². The van der Waals surface area contributed by atoms with Crippen molar-refractivity contribution in [2.45, 2.75) is 38.8 Å². The lowest BCUT2D eigenvalue weighted by Crippen LogP contribution is -2.42. The van der Waals surface area contributed by atoms with Crippen LogP contribution in [0.1, 0.15) is 48.5 Å². The smallest absolute Gasteiger partial charge is 0.354 e. The largest absolute Gasteiger partial charge is 0.416 e. The summed E-state index contributed by atoms with van der Waals surface area (Å²) in [6.07, 6.45) is -0.699. The highest BCUT2D eigenvalue weighted by Crippen LogP contribution is 2.44. The summed E-state index contributed by atoms with van der Waals surface area (Å²) < 4.78 is 38.3. The molecule has 1 heterocycles. The maximum atomic E-state index is 12.8. The van der Waals surface area contributed by atoms with Crippen molar-refractivity contribution in [1.29, 1.82) is 0 Å². The zero-order valence-electron chi connectivity index (χ0n) is 16.6. The molecule has 3 rings (SSSR count). The molecule has 0 unspecified atom stereocenters. The predicted octanol–water partition coefficient (Wildman–Crippen LogP) is 3.06. The predicted molar refractivity (Wildman–Crippen MR) is 103 cm³/mol. The molecule has 1 aromatic carbocycles. The molecule has 8 heteroatoms. The molecule has 2 fully saturated rings. The summed E-state index contributed by atoms with van der Waals surface area (Å²) in [5, 5.41) is 5.76. The van der Waals surface area contributed by atoms with Crippen molar-refractivity contribution in [3.05, 3.63) is 35.4 Å². The average Bonchev–Trinajstić information content (AvgIpc) is 3.45. The van der Waals surface area contributed by atoms with Gasteiger partial charge in [-0.3, -0.25) is 9.59 Å². The number of nitrogens with zero attached hydrogens (tertiary/aromatic N) is 1. The summed E-state index contributed by atoms with van der Waals surface area (Å²) in [7, 11) is 0. The normalized spacial score (nSPS) is 19.6. The summed E-state index contributed by atoms with van der Waals surface area (Å²) >= 11 is 0. The van der Waals surface area contributed by atoms with Gasteiger partial charge in [0, 0.05) is 30.6 Å². The third kappa shape index (κ3) is 5.95. The first-order chi connectivity index (χ1) is 13.7. The second-order valence-corrected chi connectivity index (χ2v) is 8.39. The van der Waals surface area contributed by atoms with E-state index in [-0.39, 0.29) is 16.9 Å². The number of nitrogens with one attached hydrogen (secondary N) is 2.